The minimum absolute atomic E-state index is 0.0236. The van der Waals surface area contributed by atoms with E-state index < -0.39 is 0 Å². The molecule has 6 nitrogen and oxygen atoms in total. The third-order valence-electron chi connectivity index (χ3n) is 5.24. The van der Waals surface area contributed by atoms with Gasteiger partial charge in [-0.15, -0.1) is 11.3 Å². The Balaban J connectivity index is 1.17. The van der Waals surface area contributed by atoms with Gasteiger partial charge in [0.05, 0.1) is 42.6 Å². The van der Waals surface area contributed by atoms with Gasteiger partial charge in [-0.25, -0.2) is 9.67 Å². The Morgan fingerprint density at radius 1 is 1.28 bits per heavy atom. The van der Waals surface area contributed by atoms with Crippen molar-refractivity contribution in [2.75, 3.05) is 19.7 Å². The summed E-state index contributed by atoms with van der Waals surface area (Å²) in [5.41, 5.74) is 2.35. The average Bonchev–Trinajstić information content (AvgIpc) is 3.34. The molecule has 0 unspecified atom stereocenters. The summed E-state index contributed by atoms with van der Waals surface area (Å²) in [4.78, 5) is 20.5. The largest absolute Gasteiger partial charge is 0.375 e. The van der Waals surface area contributed by atoms with E-state index in [1.807, 2.05) is 6.07 Å². The summed E-state index contributed by atoms with van der Waals surface area (Å²) in [6, 6.07) is 3.58. The predicted molar refractivity (Wildman–Crippen MR) is 94.7 cm³/mol. The van der Waals surface area contributed by atoms with Crippen LogP contribution in [-0.4, -0.2) is 39.4 Å². The van der Waals surface area contributed by atoms with Gasteiger partial charge < -0.3 is 4.74 Å². The van der Waals surface area contributed by atoms with E-state index in [1.54, 1.807) is 22.1 Å². The van der Waals surface area contributed by atoms with Crippen molar-refractivity contribution in [2.24, 2.45) is 5.92 Å². The van der Waals surface area contributed by atoms with Crippen molar-refractivity contribution in [2.45, 2.75) is 44.9 Å². The van der Waals surface area contributed by atoms with E-state index in [1.165, 1.54) is 28.4 Å². The Bertz CT molecular complexity index is 812. The summed E-state index contributed by atoms with van der Waals surface area (Å²) in [5, 5.41) is 5.77. The molecule has 2 aliphatic heterocycles. The molecular weight excluding hydrogens is 336 g/mol. The second-order valence-electron chi connectivity index (χ2n) is 7.39. The molecule has 1 saturated heterocycles. The lowest BCUT2D eigenvalue weighted by Gasteiger charge is -2.38. The highest BCUT2D eigenvalue weighted by molar-refractivity contribution is 7.11. The molecule has 4 heterocycles. The number of rotatable bonds is 5. The number of hydrogen-bond acceptors (Lipinski definition) is 6. The summed E-state index contributed by atoms with van der Waals surface area (Å²) in [7, 11) is 0. The Labute approximate surface area is 150 Å². The van der Waals surface area contributed by atoms with Crippen LogP contribution in [0.4, 0.5) is 0 Å². The monoisotopic (exact) mass is 358 g/mol. The van der Waals surface area contributed by atoms with E-state index in [0.717, 1.165) is 51.5 Å². The maximum absolute atomic E-state index is 12.0. The zero-order valence-electron chi connectivity index (χ0n) is 14.2. The lowest BCUT2D eigenvalue weighted by molar-refractivity contribution is 0.0763. The van der Waals surface area contributed by atoms with Crippen molar-refractivity contribution in [3.63, 3.8) is 0 Å². The molecule has 7 heteroatoms. The first kappa shape index (κ1) is 15.7. The highest BCUT2D eigenvalue weighted by atomic mass is 32.1. The molecule has 0 spiro atoms. The van der Waals surface area contributed by atoms with E-state index >= 15 is 0 Å². The maximum atomic E-state index is 12.0. The molecule has 0 radical (unpaired) electrons. The Kier molecular flexibility index (Phi) is 3.95. The number of likely N-dealkylation sites (tertiary alicyclic amines) is 1. The van der Waals surface area contributed by atoms with Crippen LogP contribution in [0.3, 0.4) is 0 Å². The fourth-order valence-electron chi connectivity index (χ4n) is 3.70. The summed E-state index contributed by atoms with van der Waals surface area (Å²) in [6.07, 6.45) is 3.37. The van der Waals surface area contributed by atoms with Crippen molar-refractivity contribution in [3.8, 4) is 0 Å². The molecule has 0 aromatic carbocycles. The van der Waals surface area contributed by atoms with Crippen LogP contribution in [0.25, 0.3) is 0 Å². The molecule has 2 aromatic heterocycles. The summed E-state index contributed by atoms with van der Waals surface area (Å²) < 4.78 is 7.17. The first-order valence-corrected chi connectivity index (χ1v) is 9.92. The van der Waals surface area contributed by atoms with E-state index in [4.69, 9.17) is 9.72 Å². The van der Waals surface area contributed by atoms with E-state index in [-0.39, 0.29) is 5.56 Å². The van der Waals surface area contributed by atoms with E-state index in [2.05, 4.69) is 10.00 Å². The van der Waals surface area contributed by atoms with Crippen molar-refractivity contribution in [3.05, 3.63) is 43.8 Å². The molecule has 3 aliphatic rings. The van der Waals surface area contributed by atoms with Gasteiger partial charge in [-0.1, -0.05) is 0 Å². The molecule has 0 atom stereocenters. The Hall–Kier alpha value is -1.57. The topological polar surface area (TPSA) is 60.2 Å². The van der Waals surface area contributed by atoms with Gasteiger partial charge in [0, 0.05) is 37.4 Å². The normalized spacial score (nSPS) is 21.1. The van der Waals surface area contributed by atoms with Gasteiger partial charge in [-0.3, -0.25) is 9.69 Å². The number of hydrogen-bond donors (Lipinski definition) is 0. The molecule has 0 N–H and O–H groups in total. The lowest BCUT2D eigenvalue weighted by Crippen LogP contribution is -2.48. The third-order valence-corrected chi connectivity index (χ3v) is 6.30. The van der Waals surface area contributed by atoms with Crippen molar-refractivity contribution >= 4 is 11.3 Å². The quantitative estimate of drug-likeness (QED) is 0.815. The van der Waals surface area contributed by atoms with Crippen LogP contribution in [-0.2, 0) is 30.9 Å². The van der Waals surface area contributed by atoms with Gasteiger partial charge in [-0.05, 0) is 18.9 Å². The van der Waals surface area contributed by atoms with E-state index in [0.29, 0.717) is 11.8 Å². The molecular formula is C18H22N4O2S. The smallest absolute Gasteiger partial charge is 0.266 e. The molecule has 0 bridgehead atoms. The Morgan fingerprint density at radius 2 is 2.16 bits per heavy atom. The van der Waals surface area contributed by atoms with Crippen LogP contribution in [0.15, 0.2) is 16.9 Å². The van der Waals surface area contributed by atoms with Gasteiger partial charge in [0.1, 0.15) is 5.01 Å². The van der Waals surface area contributed by atoms with E-state index in [9.17, 15) is 4.79 Å². The van der Waals surface area contributed by atoms with Crippen LogP contribution in [0.5, 0.6) is 0 Å². The van der Waals surface area contributed by atoms with Crippen LogP contribution in [0, 0.1) is 5.92 Å². The number of ether oxygens (including phenoxy) is 1. The highest BCUT2D eigenvalue weighted by Gasteiger charge is 2.30. The van der Waals surface area contributed by atoms with Crippen LogP contribution < -0.4 is 5.56 Å². The molecule has 25 heavy (non-hydrogen) atoms. The average molecular weight is 358 g/mol. The van der Waals surface area contributed by atoms with Crippen LogP contribution in [0.2, 0.25) is 0 Å². The second-order valence-corrected chi connectivity index (χ2v) is 8.56. The van der Waals surface area contributed by atoms with Crippen molar-refractivity contribution < 1.29 is 4.74 Å². The predicted octanol–water partition coefficient (Wildman–Crippen LogP) is 1.78. The summed E-state index contributed by atoms with van der Waals surface area (Å²) in [6.45, 7) is 5.20. The number of aromatic nitrogens is 3. The number of fused-ring (bicyclic) bond motifs is 1. The first-order chi connectivity index (χ1) is 12.2. The summed E-state index contributed by atoms with van der Waals surface area (Å²) >= 11 is 1.79. The lowest BCUT2D eigenvalue weighted by atomic mass is 10.0. The fourth-order valence-corrected chi connectivity index (χ4v) is 4.79. The van der Waals surface area contributed by atoms with Gasteiger partial charge >= 0.3 is 0 Å². The summed E-state index contributed by atoms with van der Waals surface area (Å²) in [5.74, 6) is 1.10. The molecule has 1 aliphatic carbocycles. The fraction of sp³-hybridized carbons (Fsp3) is 0.611. The van der Waals surface area contributed by atoms with Crippen molar-refractivity contribution in [1.29, 1.82) is 0 Å². The molecule has 0 amide bonds. The number of thiazole rings is 1. The molecule has 2 aromatic rings. The van der Waals surface area contributed by atoms with Crippen LogP contribution in [0.1, 0.15) is 40.0 Å². The molecule has 132 valence electrons. The minimum Gasteiger partial charge on any atom is -0.375 e. The van der Waals surface area contributed by atoms with Crippen LogP contribution >= 0.6 is 11.3 Å². The van der Waals surface area contributed by atoms with Gasteiger partial charge in [-0.2, -0.15) is 5.10 Å². The van der Waals surface area contributed by atoms with Gasteiger partial charge in [0.25, 0.3) is 5.56 Å². The zero-order chi connectivity index (χ0) is 16.8. The zero-order valence-corrected chi connectivity index (χ0v) is 15.0. The molecule has 2 fully saturated rings. The van der Waals surface area contributed by atoms with Gasteiger partial charge in [0.2, 0.25) is 0 Å². The standard InChI is InChI=1S/C18H22N4O2S/c23-18-4-3-14(13-1-2-13)20-22(18)9-12-7-21(8-12)10-17-19-15-5-6-24-11-16(15)25-17/h3-4,12-13H,1-2,5-11H2. The SMILES string of the molecule is O=c1ccc(C2CC2)nn1CC1CN(Cc2nc3c(s2)COCC3)C1. The third kappa shape index (κ3) is 3.28. The number of nitrogens with zero attached hydrogens (tertiary/aromatic N) is 4. The highest BCUT2D eigenvalue weighted by Crippen LogP contribution is 2.38. The minimum atomic E-state index is 0.0236. The second kappa shape index (κ2) is 6.30. The Morgan fingerprint density at radius 3 is 2.96 bits per heavy atom. The molecule has 1 saturated carbocycles. The van der Waals surface area contributed by atoms with Gasteiger partial charge in [0.15, 0.2) is 0 Å². The maximum Gasteiger partial charge on any atom is 0.266 e. The van der Waals surface area contributed by atoms with Crippen molar-refractivity contribution in [1.82, 2.24) is 19.7 Å². The first-order valence-electron chi connectivity index (χ1n) is 9.10. The molecule has 5 rings (SSSR count).